The van der Waals surface area contributed by atoms with Gasteiger partial charge >= 0.3 is 15.5 Å². The molecule has 1 atom stereocenters. The van der Waals surface area contributed by atoms with E-state index < -0.39 is 21.6 Å². The highest BCUT2D eigenvalue weighted by atomic mass is 32.2. The van der Waals surface area contributed by atoms with Gasteiger partial charge in [0.15, 0.2) is 0 Å². The molecule has 4 rings (SSSR count). The molecule has 0 saturated heterocycles. The number of halogens is 3. The molecule has 0 saturated carbocycles. The number of hydrogen-bond donors (Lipinski definition) is 0. The van der Waals surface area contributed by atoms with Crippen LogP contribution in [0.15, 0.2) is 72.8 Å². The van der Waals surface area contributed by atoms with Crippen molar-refractivity contribution < 1.29 is 21.6 Å². The number of rotatable bonds is 3. The van der Waals surface area contributed by atoms with Crippen LogP contribution in [0.4, 0.5) is 18.9 Å². The van der Waals surface area contributed by atoms with Crippen molar-refractivity contribution in [3.8, 4) is 0 Å². The maximum atomic E-state index is 13.2. The molecule has 0 N–H and O–H groups in total. The van der Waals surface area contributed by atoms with Crippen LogP contribution in [-0.4, -0.2) is 20.0 Å². The number of sulfonamides is 1. The normalized spacial score (nSPS) is 17.4. The van der Waals surface area contributed by atoms with Crippen molar-refractivity contribution in [2.24, 2.45) is 0 Å². The highest BCUT2D eigenvalue weighted by Gasteiger charge is 2.53. The molecule has 1 aliphatic rings. The fourth-order valence-corrected chi connectivity index (χ4v) is 4.65. The zero-order valence-electron chi connectivity index (χ0n) is 14.6. The second-order valence-corrected chi connectivity index (χ2v) is 8.42. The van der Waals surface area contributed by atoms with Gasteiger partial charge in [-0.2, -0.15) is 21.6 Å². The third-order valence-electron chi connectivity index (χ3n) is 4.80. The summed E-state index contributed by atoms with van der Waals surface area (Å²) in [6.45, 7) is 0. The standard InChI is InChI=1S/C21H16F3NO2S/c22-21(23,24)28(26,27)25-19(14-18-7-3-4-8-20(18)25)12-10-15-9-11-16-5-1-2-6-17(16)13-15/h1-13,19H,14H2/b12-10+/t19-/m1/s1. The molecule has 1 heterocycles. The minimum Gasteiger partial charge on any atom is -0.255 e. The quantitative estimate of drug-likeness (QED) is 0.608. The van der Waals surface area contributed by atoms with E-state index in [1.165, 1.54) is 18.2 Å². The molecule has 28 heavy (non-hydrogen) atoms. The zero-order chi connectivity index (χ0) is 19.9. The van der Waals surface area contributed by atoms with Gasteiger partial charge in [0.25, 0.3) is 0 Å². The lowest BCUT2D eigenvalue weighted by Gasteiger charge is -2.25. The highest BCUT2D eigenvalue weighted by molar-refractivity contribution is 7.93. The van der Waals surface area contributed by atoms with Crippen LogP contribution in [0.3, 0.4) is 0 Å². The Morgan fingerprint density at radius 1 is 0.929 bits per heavy atom. The van der Waals surface area contributed by atoms with Crippen molar-refractivity contribution in [1.82, 2.24) is 0 Å². The number of benzene rings is 3. The van der Waals surface area contributed by atoms with Crippen LogP contribution in [0, 0.1) is 0 Å². The fourth-order valence-electron chi connectivity index (χ4n) is 3.48. The van der Waals surface area contributed by atoms with Crippen LogP contribution in [-0.2, 0) is 16.4 Å². The molecule has 0 radical (unpaired) electrons. The van der Waals surface area contributed by atoms with E-state index in [2.05, 4.69) is 0 Å². The molecule has 0 amide bonds. The van der Waals surface area contributed by atoms with Crippen molar-refractivity contribution >= 4 is 32.6 Å². The van der Waals surface area contributed by atoms with Crippen molar-refractivity contribution in [3.63, 3.8) is 0 Å². The van der Waals surface area contributed by atoms with E-state index in [-0.39, 0.29) is 12.1 Å². The van der Waals surface area contributed by atoms with E-state index in [9.17, 15) is 21.6 Å². The molecule has 0 aromatic heterocycles. The summed E-state index contributed by atoms with van der Waals surface area (Å²) in [5.74, 6) is 0. The van der Waals surface area contributed by atoms with E-state index in [1.54, 1.807) is 18.2 Å². The predicted molar refractivity (Wildman–Crippen MR) is 104 cm³/mol. The molecule has 0 unspecified atom stereocenters. The number of nitrogens with zero attached hydrogens (tertiary/aromatic N) is 1. The lowest BCUT2D eigenvalue weighted by molar-refractivity contribution is -0.0439. The minimum absolute atomic E-state index is 0.0768. The van der Waals surface area contributed by atoms with Gasteiger partial charge in [-0.3, -0.25) is 4.31 Å². The topological polar surface area (TPSA) is 37.4 Å². The van der Waals surface area contributed by atoms with Gasteiger partial charge in [-0.25, -0.2) is 0 Å². The Morgan fingerprint density at radius 2 is 1.61 bits per heavy atom. The third-order valence-corrected chi connectivity index (χ3v) is 6.37. The molecular weight excluding hydrogens is 387 g/mol. The number of anilines is 1. The van der Waals surface area contributed by atoms with Gasteiger partial charge in [0.1, 0.15) is 0 Å². The SMILES string of the molecule is O=S(=O)(N1c2ccccc2C[C@H]1/C=C/c1ccc2ccccc2c1)C(F)(F)F. The second kappa shape index (κ2) is 6.67. The number of alkyl halides is 3. The van der Waals surface area contributed by atoms with Gasteiger partial charge in [-0.1, -0.05) is 66.7 Å². The number of fused-ring (bicyclic) bond motifs is 2. The molecule has 1 aliphatic heterocycles. The van der Waals surface area contributed by atoms with Gasteiger partial charge in [-0.05, 0) is 40.5 Å². The van der Waals surface area contributed by atoms with E-state index >= 15 is 0 Å². The smallest absolute Gasteiger partial charge is 0.255 e. The summed E-state index contributed by atoms with van der Waals surface area (Å²) in [5, 5.41) is 2.05. The first-order valence-corrected chi connectivity index (χ1v) is 10.1. The average molecular weight is 403 g/mol. The molecule has 0 bridgehead atoms. The molecule has 0 fully saturated rings. The Balaban J connectivity index is 1.72. The Hall–Kier alpha value is -2.80. The number of hydrogen-bond acceptors (Lipinski definition) is 2. The fraction of sp³-hybridized carbons (Fsp3) is 0.143. The van der Waals surface area contributed by atoms with E-state index in [0.29, 0.717) is 9.87 Å². The summed E-state index contributed by atoms with van der Waals surface area (Å²) in [7, 11) is -5.50. The monoisotopic (exact) mass is 403 g/mol. The predicted octanol–water partition coefficient (Wildman–Crippen LogP) is 5.13. The van der Waals surface area contributed by atoms with Crippen LogP contribution in [0.5, 0.6) is 0 Å². The summed E-state index contributed by atoms with van der Waals surface area (Å²) in [4.78, 5) is 0. The maximum Gasteiger partial charge on any atom is 0.516 e. The first-order valence-electron chi connectivity index (χ1n) is 8.63. The minimum atomic E-state index is -5.50. The van der Waals surface area contributed by atoms with Crippen LogP contribution in [0.25, 0.3) is 16.8 Å². The van der Waals surface area contributed by atoms with Crippen molar-refractivity contribution in [3.05, 3.63) is 83.9 Å². The molecule has 0 aliphatic carbocycles. The summed E-state index contributed by atoms with van der Waals surface area (Å²) < 4.78 is 64.6. The van der Waals surface area contributed by atoms with Crippen molar-refractivity contribution in [2.45, 2.75) is 18.0 Å². The lowest BCUT2D eigenvalue weighted by Crippen LogP contribution is -2.44. The Bertz CT molecular complexity index is 1170. The van der Waals surface area contributed by atoms with E-state index in [0.717, 1.165) is 16.3 Å². The largest absolute Gasteiger partial charge is 0.516 e. The number of para-hydroxylation sites is 1. The Kier molecular flexibility index (Phi) is 4.42. The third kappa shape index (κ3) is 3.16. The van der Waals surface area contributed by atoms with E-state index in [4.69, 9.17) is 0 Å². The lowest BCUT2D eigenvalue weighted by atomic mass is 10.1. The van der Waals surface area contributed by atoms with Crippen LogP contribution < -0.4 is 4.31 Å². The molecular formula is C21H16F3NO2S. The molecule has 0 spiro atoms. The summed E-state index contributed by atoms with van der Waals surface area (Å²) in [5.41, 5.74) is -3.92. The average Bonchev–Trinajstić information content (AvgIpc) is 3.04. The van der Waals surface area contributed by atoms with Gasteiger partial charge in [0.05, 0.1) is 11.7 Å². The van der Waals surface area contributed by atoms with Crippen LogP contribution >= 0.6 is 0 Å². The Labute approximate surface area is 160 Å². The summed E-state index contributed by atoms with van der Waals surface area (Å²) >= 11 is 0. The molecule has 3 aromatic carbocycles. The molecule has 7 heteroatoms. The highest BCUT2D eigenvalue weighted by Crippen LogP contribution is 2.40. The first-order chi connectivity index (χ1) is 13.3. The molecule has 144 valence electrons. The van der Waals surface area contributed by atoms with Crippen LogP contribution in [0.1, 0.15) is 11.1 Å². The van der Waals surface area contributed by atoms with Gasteiger partial charge in [0.2, 0.25) is 0 Å². The van der Waals surface area contributed by atoms with Gasteiger partial charge in [0, 0.05) is 0 Å². The molecule has 3 nitrogen and oxygen atoms in total. The summed E-state index contributed by atoms with van der Waals surface area (Å²) in [6.07, 6.45) is 3.38. The van der Waals surface area contributed by atoms with Gasteiger partial charge in [-0.15, -0.1) is 0 Å². The van der Waals surface area contributed by atoms with Crippen LogP contribution in [0.2, 0.25) is 0 Å². The van der Waals surface area contributed by atoms with Crippen molar-refractivity contribution in [1.29, 1.82) is 0 Å². The molecule has 3 aromatic rings. The zero-order valence-corrected chi connectivity index (χ0v) is 15.4. The summed E-state index contributed by atoms with van der Waals surface area (Å²) in [6, 6.07) is 18.8. The van der Waals surface area contributed by atoms with E-state index in [1.807, 2.05) is 42.5 Å². The van der Waals surface area contributed by atoms with Crippen molar-refractivity contribution in [2.75, 3.05) is 4.31 Å². The second-order valence-electron chi connectivity index (χ2n) is 6.61. The Morgan fingerprint density at radius 3 is 2.36 bits per heavy atom. The maximum absolute atomic E-state index is 13.2. The first kappa shape index (κ1) is 18.6. The van der Waals surface area contributed by atoms with Gasteiger partial charge < -0.3 is 0 Å².